The van der Waals surface area contributed by atoms with E-state index in [2.05, 4.69) is 13.8 Å². The van der Waals surface area contributed by atoms with Gasteiger partial charge in [-0.25, -0.2) is 9.68 Å². The van der Waals surface area contributed by atoms with Gasteiger partial charge in [-0.05, 0) is 31.9 Å². The number of unbranched alkanes of at least 4 members (excludes halogenated alkanes) is 15. The van der Waals surface area contributed by atoms with Gasteiger partial charge >= 0.3 is 20.0 Å². The molecule has 0 aliphatic heterocycles. The van der Waals surface area contributed by atoms with Gasteiger partial charge < -0.3 is 5.11 Å². The fourth-order valence-corrected chi connectivity index (χ4v) is 5.90. The Morgan fingerprint density at radius 2 is 1.27 bits per heavy atom. The van der Waals surface area contributed by atoms with E-state index < -0.39 is 20.0 Å². The smallest absolute Gasteiger partial charge is 0.474 e. The van der Waals surface area contributed by atoms with Gasteiger partial charge in [0.25, 0.3) is 0 Å². The largest absolute Gasteiger partial charge is 0.497 e. The zero-order valence-corrected chi connectivity index (χ0v) is 26.2. The van der Waals surface area contributed by atoms with Gasteiger partial charge in [0, 0.05) is 5.25 Å². The van der Waals surface area contributed by atoms with Crippen LogP contribution in [0.25, 0.3) is 0 Å². The summed E-state index contributed by atoms with van der Waals surface area (Å²) < 4.78 is 17.0. The predicted molar refractivity (Wildman–Crippen MR) is 158 cm³/mol. The SMILES string of the molecule is CCCCCCCCCCCCSC(CCCCCCCCC)C(C)OOC(OCCC)([PH+]=O)C(=O)O. The zero-order chi connectivity index (χ0) is 27.6. The molecule has 0 saturated heterocycles. The average Bonchev–Trinajstić information content (AvgIpc) is 2.90. The lowest BCUT2D eigenvalue weighted by Gasteiger charge is -2.25. The van der Waals surface area contributed by atoms with Gasteiger partial charge in [-0.3, -0.25) is 4.74 Å². The molecule has 0 radical (unpaired) electrons. The molecule has 0 spiro atoms. The standard InChI is InChI=1S/C29H57O6PS/c1-5-8-10-12-14-15-16-18-20-22-25-37-27(23-21-19-17-13-11-9-6-2)26(4)34-35-29(36-32,28(30)31)33-24-7-3/h26-27H,5-25H2,1-4H3,(H,30,31)/p+1. The molecule has 4 unspecified atom stereocenters. The van der Waals surface area contributed by atoms with E-state index in [1.165, 1.54) is 103 Å². The quantitative estimate of drug-likeness (QED) is 0.0318. The minimum Gasteiger partial charge on any atom is -0.474 e. The topological polar surface area (TPSA) is 82.1 Å². The minimum atomic E-state index is -2.25. The number of thioether (sulfide) groups is 1. The molecular weight excluding hydrogens is 507 g/mol. The van der Waals surface area contributed by atoms with E-state index in [-0.39, 0.29) is 18.0 Å². The van der Waals surface area contributed by atoms with Crippen LogP contribution in [0.4, 0.5) is 0 Å². The van der Waals surface area contributed by atoms with Crippen LogP contribution in [0.2, 0.25) is 0 Å². The Balaban J connectivity index is 4.56. The fourth-order valence-electron chi connectivity index (χ4n) is 4.24. The molecule has 0 aromatic carbocycles. The highest BCUT2D eigenvalue weighted by Crippen LogP contribution is 2.31. The Morgan fingerprint density at radius 3 is 1.73 bits per heavy atom. The van der Waals surface area contributed by atoms with Crippen molar-refractivity contribution in [2.75, 3.05) is 12.4 Å². The van der Waals surface area contributed by atoms with E-state index in [9.17, 15) is 14.5 Å². The second kappa shape index (κ2) is 26.0. The molecule has 0 fully saturated rings. The van der Waals surface area contributed by atoms with Crippen LogP contribution in [0.1, 0.15) is 150 Å². The molecule has 0 bridgehead atoms. The van der Waals surface area contributed by atoms with E-state index in [0.717, 1.165) is 18.6 Å². The number of hydrogen-bond acceptors (Lipinski definition) is 6. The molecule has 4 atom stereocenters. The first kappa shape index (κ1) is 36.8. The third kappa shape index (κ3) is 19.5. The van der Waals surface area contributed by atoms with Crippen molar-refractivity contribution in [2.24, 2.45) is 0 Å². The van der Waals surface area contributed by atoms with Crippen LogP contribution in [0, 0.1) is 0 Å². The van der Waals surface area contributed by atoms with Crippen molar-refractivity contribution in [3.8, 4) is 0 Å². The highest BCUT2D eigenvalue weighted by molar-refractivity contribution is 7.99. The minimum absolute atomic E-state index is 0.133. The van der Waals surface area contributed by atoms with Crippen molar-refractivity contribution >= 4 is 26.2 Å². The molecule has 0 aromatic rings. The molecule has 0 aliphatic carbocycles. The Hall–Kier alpha value is -0.200. The maximum Gasteiger partial charge on any atom is 0.497 e. The van der Waals surface area contributed by atoms with Gasteiger partial charge in [0.1, 0.15) is 6.10 Å². The number of rotatable bonds is 29. The second-order valence-electron chi connectivity index (χ2n) is 10.3. The maximum absolute atomic E-state index is 11.7. The van der Waals surface area contributed by atoms with Crippen molar-refractivity contribution in [3.05, 3.63) is 0 Å². The summed E-state index contributed by atoms with van der Waals surface area (Å²) >= 11 is 1.89. The Bertz CT molecular complexity index is 539. The highest BCUT2D eigenvalue weighted by atomic mass is 32.2. The Labute approximate surface area is 233 Å². The average molecular weight is 566 g/mol. The zero-order valence-electron chi connectivity index (χ0n) is 24.4. The molecule has 220 valence electrons. The highest BCUT2D eigenvalue weighted by Gasteiger charge is 2.54. The normalized spacial score (nSPS) is 15.0. The van der Waals surface area contributed by atoms with Gasteiger partial charge in [-0.15, -0.1) is 4.89 Å². The van der Waals surface area contributed by atoms with Crippen molar-refractivity contribution in [3.63, 3.8) is 0 Å². The Kier molecular flexibility index (Phi) is 25.9. The van der Waals surface area contributed by atoms with Crippen LogP contribution in [0.3, 0.4) is 0 Å². The third-order valence-electron chi connectivity index (χ3n) is 6.69. The van der Waals surface area contributed by atoms with Crippen molar-refractivity contribution in [1.82, 2.24) is 0 Å². The van der Waals surface area contributed by atoms with Crippen LogP contribution >= 0.6 is 20.2 Å². The molecule has 0 aliphatic rings. The summed E-state index contributed by atoms with van der Waals surface area (Å²) in [6.07, 6.45) is 23.2. The number of carboxylic acids is 1. The van der Waals surface area contributed by atoms with Crippen LogP contribution in [-0.2, 0) is 23.9 Å². The van der Waals surface area contributed by atoms with Gasteiger partial charge in [0.15, 0.2) is 0 Å². The van der Waals surface area contributed by atoms with E-state index in [4.69, 9.17) is 14.5 Å². The third-order valence-corrected chi connectivity index (χ3v) is 8.97. The number of carboxylic acid groups (broad SMARTS) is 1. The summed E-state index contributed by atoms with van der Waals surface area (Å²) in [5.74, 6) is -0.367. The molecule has 37 heavy (non-hydrogen) atoms. The van der Waals surface area contributed by atoms with Gasteiger partial charge in [0.2, 0.25) is 0 Å². The van der Waals surface area contributed by atoms with Gasteiger partial charge in [0.05, 0.1) is 6.61 Å². The fraction of sp³-hybridized carbons (Fsp3) is 0.966. The summed E-state index contributed by atoms with van der Waals surface area (Å²) in [7, 11) is -1.32. The van der Waals surface area contributed by atoms with E-state index in [0.29, 0.717) is 6.42 Å². The van der Waals surface area contributed by atoms with E-state index in [1.807, 2.05) is 25.6 Å². The van der Waals surface area contributed by atoms with Gasteiger partial charge in [-0.2, -0.15) is 11.8 Å². The van der Waals surface area contributed by atoms with E-state index in [1.54, 1.807) is 0 Å². The van der Waals surface area contributed by atoms with Gasteiger partial charge in [-0.1, -0.05) is 128 Å². The molecule has 8 heteroatoms. The molecule has 1 N–H and O–H groups in total. The lowest BCUT2D eigenvalue weighted by molar-refractivity contribution is -0.402. The first-order chi connectivity index (χ1) is 18.0. The lowest BCUT2D eigenvalue weighted by Crippen LogP contribution is -2.41. The van der Waals surface area contributed by atoms with Crippen LogP contribution < -0.4 is 0 Å². The predicted octanol–water partition coefficient (Wildman–Crippen LogP) is 9.68. The second-order valence-corrected chi connectivity index (χ2v) is 12.5. The molecule has 0 amide bonds. The monoisotopic (exact) mass is 565 g/mol. The maximum atomic E-state index is 11.7. The summed E-state index contributed by atoms with van der Waals surface area (Å²) in [5.41, 5.74) is -2.25. The number of hydrogen-bond donors (Lipinski definition) is 1. The molecule has 0 heterocycles. The van der Waals surface area contributed by atoms with Crippen LogP contribution in [0.15, 0.2) is 0 Å². The molecule has 0 rings (SSSR count). The van der Waals surface area contributed by atoms with Crippen LogP contribution in [-0.4, -0.2) is 40.3 Å². The molecular formula is C29H58O6PS+. The van der Waals surface area contributed by atoms with Crippen molar-refractivity contribution in [2.45, 2.75) is 167 Å². The molecule has 6 nitrogen and oxygen atoms in total. The number of ether oxygens (including phenoxy) is 1. The number of carbonyl (C=O) groups is 1. The van der Waals surface area contributed by atoms with Crippen molar-refractivity contribution < 1.29 is 29.0 Å². The Morgan fingerprint density at radius 1 is 0.784 bits per heavy atom. The number of aliphatic carboxylic acids is 1. The summed E-state index contributed by atoms with van der Waals surface area (Å²) in [6.45, 7) is 8.40. The molecule has 0 saturated carbocycles. The first-order valence-electron chi connectivity index (χ1n) is 15.2. The summed E-state index contributed by atoms with van der Waals surface area (Å²) in [5, 5.41) is 9.75. The lowest BCUT2D eigenvalue weighted by atomic mass is 10.1. The molecule has 0 aromatic heterocycles. The van der Waals surface area contributed by atoms with Crippen LogP contribution in [0.5, 0.6) is 0 Å². The summed E-state index contributed by atoms with van der Waals surface area (Å²) in [6, 6.07) is 0. The first-order valence-corrected chi connectivity index (χ1v) is 17.2. The summed E-state index contributed by atoms with van der Waals surface area (Å²) in [4.78, 5) is 22.5. The van der Waals surface area contributed by atoms with Crippen molar-refractivity contribution in [1.29, 1.82) is 0 Å². The van der Waals surface area contributed by atoms with E-state index >= 15 is 0 Å².